The molecule has 3 aliphatic heterocycles. The molecule has 3 fully saturated rings. The van der Waals surface area contributed by atoms with Crippen molar-refractivity contribution < 1.29 is 96.5 Å². The smallest absolute Gasteiger partial charge is 0.326 e. The van der Waals surface area contributed by atoms with Crippen LogP contribution in [0.3, 0.4) is 0 Å². The number of H-pyrrole nitrogens is 1. The number of unbranched alkanes of at least 4 members (excludes halogenated alkanes) is 2. The van der Waals surface area contributed by atoms with Gasteiger partial charge in [0.2, 0.25) is 100 Å². The lowest BCUT2D eigenvalue weighted by molar-refractivity contribution is -0.145. The molecule has 1 aliphatic carbocycles. The van der Waals surface area contributed by atoms with Gasteiger partial charge in [0, 0.05) is 77.7 Å². The molecule has 0 spiro atoms. The predicted molar refractivity (Wildman–Crippen MR) is 554 cm³/mol. The average molecular weight is 2120 g/mol. The third-order valence-corrected chi connectivity index (χ3v) is 25.9. The van der Waals surface area contributed by atoms with E-state index in [1.54, 1.807) is 68.7 Å². The van der Waals surface area contributed by atoms with Crippen LogP contribution in [0.5, 0.6) is 0 Å². The van der Waals surface area contributed by atoms with E-state index in [4.69, 9.17) is 67.5 Å². The summed E-state index contributed by atoms with van der Waals surface area (Å²) >= 11 is 1.40. The van der Waals surface area contributed by atoms with Crippen molar-refractivity contribution in [2.75, 3.05) is 84.1 Å². The SMILES string of the molecule is CSCC[C@H](NC(=O)[C@@H]1CCCN1C(=O)CNC(=O)[C@H](CCCCN)NC(=O)[C@H](Cc1c[nH]cn1)NC(=O)[C@H](CO)NC(=O)[C@H](CC(C)C)NC(=O)[C@H](CCCNC(=N)N)NC(=O)[C@@H]1CCCN1C(=O)[C@H](CCCNC(=N)N)NC(=O)[C@H](CCC(N)=O)NC(=O)[C@H](CCCNC(=N)N)NC(=O)[C@H](CCCNC(=N)N)NC(=O)[C@H](CC1=C=CC=C1)NC(=O)[C@@H](N)CCCCN)C(=O)N1CCC[C@H]1C(=O)N[C@@H](Cc1ccccc1)C(=O)O. The van der Waals surface area contributed by atoms with Crippen LogP contribution in [0.25, 0.3) is 0 Å². The fourth-order valence-corrected chi connectivity index (χ4v) is 17.8. The number of nitrogens with zero attached hydrogens (tertiary/aromatic N) is 4. The Morgan fingerprint density at radius 3 is 1.30 bits per heavy atom. The largest absolute Gasteiger partial charge is 0.480 e. The number of aromatic nitrogens is 2. The molecule has 4 heterocycles. The fourth-order valence-electron chi connectivity index (χ4n) is 17.3. The number of carboxylic acids is 1. The lowest BCUT2D eigenvalue weighted by Gasteiger charge is -2.31. The van der Waals surface area contributed by atoms with E-state index in [1.165, 1.54) is 34.1 Å². The summed E-state index contributed by atoms with van der Waals surface area (Å²) in [6, 6.07) is -14.1. The van der Waals surface area contributed by atoms with E-state index < -0.39 is 259 Å². The van der Waals surface area contributed by atoms with Gasteiger partial charge in [-0.05, 0) is 189 Å². The number of aliphatic hydroxyl groups excluding tert-OH is 1. The molecule has 0 saturated carbocycles. The number of nitrogens with two attached hydrogens (primary N) is 8. The van der Waals surface area contributed by atoms with Crippen LogP contribution in [-0.4, -0.2) is 346 Å². The molecule has 6 rings (SSSR count). The van der Waals surface area contributed by atoms with E-state index in [0.29, 0.717) is 55.5 Å². The minimum Gasteiger partial charge on any atom is -0.480 e. The highest BCUT2D eigenvalue weighted by Crippen LogP contribution is 2.26. The van der Waals surface area contributed by atoms with Gasteiger partial charge in [-0.25, -0.2) is 9.78 Å². The van der Waals surface area contributed by atoms with E-state index in [-0.39, 0.29) is 186 Å². The average Bonchev–Trinajstić information content (AvgIpc) is 1.66. The summed E-state index contributed by atoms with van der Waals surface area (Å²) < 4.78 is 0. The summed E-state index contributed by atoms with van der Waals surface area (Å²) in [6.45, 7) is 2.16. The van der Waals surface area contributed by atoms with E-state index in [9.17, 15) is 91.7 Å². The van der Waals surface area contributed by atoms with Gasteiger partial charge in [-0.15, -0.1) is 5.73 Å². The van der Waals surface area contributed by atoms with E-state index in [1.807, 2.05) is 0 Å². The number of aliphatic carboxylic acids is 1. The molecule has 0 radical (unpaired) electrons. The second-order valence-corrected chi connectivity index (χ2v) is 38.5. The van der Waals surface area contributed by atoms with Gasteiger partial charge >= 0.3 is 5.97 Å². The quantitative estimate of drug-likeness (QED) is 0.0127. The molecule has 4 aliphatic rings. The Kier molecular flexibility index (Phi) is 54.6. The number of aromatic amines is 1. The number of allylic oxidation sites excluding steroid dienone is 2. The van der Waals surface area contributed by atoms with Crippen LogP contribution < -0.4 is 136 Å². The van der Waals surface area contributed by atoms with Crippen molar-refractivity contribution in [1.82, 2.24) is 115 Å². The second-order valence-electron chi connectivity index (χ2n) is 37.5. The summed E-state index contributed by atoms with van der Waals surface area (Å²) in [5.41, 5.74) is 50.1. The molecule has 830 valence electrons. The van der Waals surface area contributed by atoms with Crippen molar-refractivity contribution in [2.45, 2.75) is 284 Å². The lowest BCUT2D eigenvalue weighted by Crippen LogP contribution is -2.61. The number of thioether (sulfide) groups is 1. The van der Waals surface area contributed by atoms with Crippen LogP contribution >= 0.6 is 11.8 Å². The van der Waals surface area contributed by atoms with Gasteiger partial charge in [-0.3, -0.25) is 103 Å². The Bertz CT molecular complexity index is 5010. The first kappa shape index (κ1) is 124. The molecule has 55 heteroatoms. The predicted octanol–water partition coefficient (Wildman–Crippen LogP) is -8.08. The van der Waals surface area contributed by atoms with Crippen molar-refractivity contribution in [1.29, 1.82) is 21.6 Å². The normalized spacial score (nSPS) is 17.1. The maximum atomic E-state index is 15.3. The number of carboxylic acid groups (broad SMARTS) is 1. The summed E-state index contributed by atoms with van der Waals surface area (Å²) in [6.07, 6.45) is 10.3. The fraction of sp³-hybridized carbons (Fsp3) is 0.621. The van der Waals surface area contributed by atoms with Crippen molar-refractivity contribution in [3.63, 3.8) is 0 Å². The Labute approximate surface area is 874 Å². The molecule has 1 aromatic carbocycles. The number of primary amides is 1. The van der Waals surface area contributed by atoms with Gasteiger partial charge in [-0.2, -0.15) is 11.8 Å². The van der Waals surface area contributed by atoms with Crippen LogP contribution in [0.1, 0.15) is 186 Å². The number of likely N-dealkylation sites (tertiary alicyclic amines) is 3. The van der Waals surface area contributed by atoms with Gasteiger partial charge in [0.05, 0.1) is 31.2 Å². The zero-order valence-electron chi connectivity index (χ0n) is 85.2. The van der Waals surface area contributed by atoms with Crippen molar-refractivity contribution in [3.05, 3.63) is 83.6 Å². The highest BCUT2D eigenvalue weighted by Gasteiger charge is 2.45. The Balaban J connectivity index is 1.18. The van der Waals surface area contributed by atoms with Gasteiger partial charge < -0.3 is 166 Å². The van der Waals surface area contributed by atoms with Gasteiger partial charge in [0.1, 0.15) is 90.6 Å². The van der Waals surface area contributed by atoms with Crippen LogP contribution in [0.2, 0.25) is 0 Å². The van der Waals surface area contributed by atoms with Crippen LogP contribution in [0.15, 0.2) is 72.4 Å². The maximum absolute atomic E-state index is 15.3. The third kappa shape index (κ3) is 43.7. The van der Waals surface area contributed by atoms with Crippen LogP contribution in [0.4, 0.5) is 0 Å². The number of guanidine groups is 4. The first-order chi connectivity index (χ1) is 71.6. The molecule has 0 unspecified atom stereocenters. The summed E-state index contributed by atoms with van der Waals surface area (Å²) in [5, 5.41) is 96.7. The minimum absolute atomic E-state index is 0.00325. The molecule has 150 heavy (non-hydrogen) atoms. The number of hydrogen-bond acceptors (Lipinski definition) is 28. The maximum Gasteiger partial charge on any atom is 0.326 e. The molecule has 54 nitrogen and oxygen atoms in total. The second kappa shape index (κ2) is 66.0. The lowest BCUT2D eigenvalue weighted by atomic mass is 10.0. The third-order valence-electron chi connectivity index (χ3n) is 25.2. The molecular formula is C95H154N34O20S. The van der Waals surface area contributed by atoms with Crippen molar-refractivity contribution in [3.8, 4) is 0 Å². The first-order valence-corrected chi connectivity index (χ1v) is 52.0. The Hall–Kier alpha value is -14.6. The molecular weight excluding hydrogens is 1970 g/mol. The Morgan fingerprint density at radius 1 is 0.453 bits per heavy atom. The van der Waals surface area contributed by atoms with Crippen molar-refractivity contribution >= 4 is 142 Å². The molecule has 40 N–H and O–H groups in total. The number of rotatable bonds is 69. The number of hydrogen-bond donors (Lipinski definition) is 32. The molecule has 0 bridgehead atoms. The standard InChI is InChI=1S/C95H154N34O20S/c1-54(2)46-66(82(139)126-70(52-130)85(142)124-68(49-57-50-108-53-114-57)84(141)115-59(25-10-12-37-97)77(134)113-51-75(132)127-42-17-30-71(127)86(143)121-65(35-45-150-3)90(147)129-44-19-32-73(129)88(145)125-69(91(148)149)48-56-20-5-4-6-21-56)123-80(137)62(28-15-40-111-94(104)105)119-87(144)72-31-18-43-128(72)89(146)64(29-16-41-112-95(106)107)120-81(138)63(33-34-74(99)131)118-79(136)60(26-13-38-109-92(100)101)116-78(135)61(27-14-39-110-93(102)103)117-83(140)67(47-55-22-7-8-23-55)122-76(133)58(98)24-9-11-36-96/h4-8,20-22,50,53-54,58-73,130H,9-19,24-49,51-52,96-98H2,1-3H3,(H2,99,131)(H,108,114)(H,113,134)(H,115,141)(H,116,135)(H,117,140)(H,118,136)(H,119,144)(H,120,138)(H,121,143)(H,122,133)(H,123,137)(H,124,142)(H,125,145)(H,126,139)(H,148,149)(H4,100,101,109)(H4,102,103,110)(H4,104,105,111)(H4,106,107,112)/t58-,59-,60-,61-,62-,63-,64-,65-,66-,67-,68-,69-,70-,71-,72-,73-/m0/s1. The topological polar surface area (TPSA) is 894 Å². The number of carbonyl (C=O) groups is 18. The number of benzene rings is 1. The molecule has 1 aromatic heterocycles. The van der Waals surface area contributed by atoms with E-state index in [2.05, 4.69) is 106 Å². The zero-order valence-corrected chi connectivity index (χ0v) is 86.0. The monoisotopic (exact) mass is 2120 g/mol. The molecule has 3 saturated heterocycles. The number of nitrogens with one attached hydrogen (secondary N) is 22. The summed E-state index contributed by atoms with van der Waals surface area (Å²) in [5.74, 6) is -17.9. The molecule has 2 aromatic rings. The Morgan fingerprint density at radius 2 is 0.847 bits per heavy atom. The van der Waals surface area contributed by atoms with Crippen LogP contribution in [-0.2, 0) is 99.1 Å². The minimum atomic E-state index is -1.87. The van der Waals surface area contributed by atoms with E-state index in [0.717, 1.165) is 4.90 Å². The van der Waals surface area contributed by atoms with Crippen LogP contribution in [0, 0.1) is 27.6 Å². The van der Waals surface area contributed by atoms with Gasteiger partial charge in [-0.1, -0.05) is 62.8 Å². The number of imidazole rings is 1. The molecule has 17 amide bonds. The van der Waals surface area contributed by atoms with E-state index >= 15 is 4.79 Å². The highest BCUT2D eigenvalue weighted by molar-refractivity contribution is 7.98. The molecule has 16 atom stereocenters. The van der Waals surface area contributed by atoms with Crippen molar-refractivity contribution in [2.24, 2.45) is 51.8 Å². The number of carbonyl (C=O) groups excluding carboxylic acids is 17. The highest BCUT2D eigenvalue weighted by atomic mass is 32.2. The van der Waals surface area contributed by atoms with Gasteiger partial charge in [0.25, 0.3) is 0 Å². The number of amides is 17. The summed E-state index contributed by atoms with van der Waals surface area (Å²) in [4.78, 5) is 269. The zero-order chi connectivity index (χ0) is 110. The first-order valence-electron chi connectivity index (χ1n) is 50.6. The van der Waals surface area contributed by atoms with Gasteiger partial charge in [0.15, 0.2) is 23.8 Å². The number of aliphatic hydroxyl groups is 1. The summed E-state index contributed by atoms with van der Waals surface area (Å²) in [7, 11) is 0.